The van der Waals surface area contributed by atoms with Gasteiger partial charge >= 0.3 is 5.97 Å². The molecule has 0 bridgehead atoms. The molecule has 0 radical (unpaired) electrons. The number of allylic oxidation sites excluding steroid dienone is 1. The molecule has 0 saturated heterocycles. The average Bonchev–Trinajstić information content (AvgIpc) is 2.54. The molecular formula is C10H14N2O2. The van der Waals surface area contributed by atoms with Crippen LogP contribution >= 0.6 is 0 Å². The minimum atomic E-state index is -0.240. The minimum Gasteiger partial charge on any atom is -0.465 e. The van der Waals surface area contributed by atoms with Crippen molar-refractivity contribution >= 4 is 12.0 Å². The summed E-state index contributed by atoms with van der Waals surface area (Å²) in [5.74, 6) is 0.525. The lowest BCUT2D eigenvalue weighted by atomic mass is 10.5. The lowest BCUT2D eigenvalue weighted by molar-refractivity contribution is -0.143. The quantitative estimate of drug-likeness (QED) is 0.682. The molecule has 0 aliphatic heterocycles. The predicted octanol–water partition coefficient (Wildman–Crippen LogP) is 1.48. The van der Waals surface area contributed by atoms with Crippen molar-refractivity contribution in [1.82, 2.24) is 9.55 Å². The van der Waals surface area contributed by atoms with E-state index in [-0.39, 0.29) is 12.5 Å². The first-order valence-corrected chi connectivity index (χ1v) is 4.57. The minimum absolute atomic E-state index is 0.216. The third-order valence-corrected chi connectivity index (χ3v) is 1.67. The molecule has 0 atom stereocenters. The molecule has 0 amide bonds. The molecular weight excluding hydrogens is 180 g/mol. The molecule has 0 spiro atoms. The van der Waals surface area contributed by atoms with E-state index in [0.717, 1.165) is 5.82 Å². The molecule has 0 N–H and O–H groups in total. The fourth-order valence-corrected chi connectivity index (χ4v) is 1.11. The highest BCUT2D eigenvalue weighted by molar-refractivity contribution is 5.69. The average molecular weight is 194 g/mol. The van der Waals surface area contributed by atoms with Crippen LogP contribution in [0, 0.1) is 0 Å². The number of aromatic nitrogens is 2. The molecule has 1 heterocycles. The summed E-state index contributed by atoms with van der Waals surface area (Å²) in [7, 11) is 0. The Kier molecular flexibility index (Phi) is 3.91. The van der Waals surface area contributed by atoms with Gasteiger partial charge in [-0.05, 0) is 19.9 Å². The normalized spacial score (nSPS) is 10.7. The van der Waals surface area contributed by atoms with Gasteiger partial charge in [0.25, 0.3) is 0 Å². The van der Waals surface area contributed by atoms with Gasteiger partial charge < -0.3 is 9.30 Å². The largest absolute Gasteiger partial charge is 0.465 e. The van der Waals surface area contributed by atoms with Crippen molar-refractivity contribution < 1.29 is 9.53 Å². The van der Waals surface area contributed by atoms with E-state index >= 15 is 0 Å². The third kappa shape index (κ3) is 2.73. The second kappa shape index (κ2) is 5.21. The Labute approximate surface area is 83.2 Å². The maximum atomic E-state index is 11.2. The number of carbonyl (C=O) groups excluding carboxylic acids is 1. The van der Waals surface area contributed by atoms with E-state index in [9.17, 15) is 4.79 Å². The summed E-state index contributed by atoms with van der Waals surface area (Å²) in [4.78, 5) is 15.3. The van der Waals surface area contributed by atoms with Gasteiger partial charge in [-0.15, -0.1) is 0 Å². The number of nitrogens with zero attached hydrogens (tertiary/aromatic N) is 2. The van der Waals surface area contributed by atoms with Gasteiger partial charge in [0.2, 0.25) is 0 Å². The number of hydrogen-bond acceptors (Lipinski definition) is 3. The highest BCUT2D eigenvalue weighted by Gasteiger charge is 2.05. The maximum absolute atomic E-state index is 11.2. The van der Waals surface area contributed by atoms with Gasteiger partial charge in [0.15, 0.2) is 0 Å². The molecule has 14 heavy (non-hydrogen) atoms. The lowest BCUT2D eigenvalue weighted by Gasteiger charge is -2.04. The van der Waals surface area contributed by atoms with E-state index in [4.69, 9.17) is 4.74 Å². The zero-order valence-corrected chi connectivity index (χ0v) is 8.43. The van der Waals surface area contributed by atoms with E-state index < -0.39 is 0 Å². The first-order chi connectivity index (χ1) is 6.77. The van der Waals surface area contributed by atoms with Crippen molar-refractivity contribution in [2.75, 3.05) is 6.61 Å². The molecule has 1 aromatic heterocycles. The van der Waals surface area contributed by atoms with Crippen molar-refractivity contribution in [1.29, 1.82) is 0 Å². The third-order valence-electron chi connectivity index (χ3n) is 1.67. The Morgan fingerprint density at radius 1 is 1.71 bits per heavy atom. The summed E-state index contributed by atoms with van der Waals surface area (Å²) in [5.41, 5.74) is 0. The lowest BCUT2D eigenvalue weighted by Crippen LogP contribution is -2.13. The molecule has 1 rings (SSSR count). The zero-order valence-electron chi connectivity index (χ0n) is 8.43. The molecule has 4 nitrogen and oxygen atoms in total. The van der Waals surface area contributed by atoms with Crippen LogP contribution in [0.1, 0.15) is 19.7 Å². The number of hydrogen-bond donors (Lipinski definition) is 0. The first-order valence-electron chi connectivity index (χ1n) is 4.57. The molecule has 4 heteroatoms. The van der Waals surface area contributed by atoms with E-state index in [0.29, 0.717) is 6.61 Å². The smallest absolute Gasteiger partial charge is 0.325 e. The Morgan fingerprint density at radius 2 is 2.50 bits per heavy atom. The zero-order chi connectivity index (χ0) is 10.4. The van der Waals surface area contributed by atoms with Crippen LogP contribution in [-0.2, 0) is 16.1 Å². The number of carbonyl (C=O) groups is 1. The summed E-state index contributed by atoms with van der Waals surface area (Å²) in [6, 6.07) is 0. The molecule has 0 unspecified atom stereocenters. The van der Waals surface area contributed by atoms with Crippen LogP contribution in [0.15, 0.2) is 18.5 Å². The fourth-order valence-electron chi connectivity index (χ4n) is 1.11. The molecule has 1 aromatic rings. The SMILES string of the molecule is C/C=C/c1nccn1CC(=O)OCC. The number of esters is 1. The highest BCUT2D eigenvalue weighted by Crippen LogP contribution is 2.00. The second-order valence-corrected chi connectivity index (χ2v) is 2.72. The van der Waals surface area contributed by atoms with Crippen LogP contribution in [-0.4, -0.2) is 22.1 Å². The van der Waals surface area contributed by atoms with E-state index in [1.165, 1.54) is 0 Å². The van der Waals surface area contributed by atoms with E-state index in [1.54, 1.807) is 23.9 Å². The summed E-state index contributed by atoms with van der Waals surface area (Å²) in [5, 5.41) is 0. The van der Waals surface area contributed by atoms with Crippen LogP contribution in [0.25, 0.3) is 6.08 Å². The predicted molar refractivity (Wildman–Crippen MR) is 53.6 cm³/mol. The Hall–Kier alpha value is -1.58. The van der Waals surface area contributed by atoms with Crippen LogP contribution in [0.4, 0.5) is 0 Å². The molecule has 0 aliphatic rings. The van der Waals surface area contributed by atoms with Gasteiger partial charge in [-0.3, -0.25) is 4.79 Å². The van der Waals surface area contributed by atoms with Gasteiger partial charge in [0.1, 0.15) is 12.4 Å². The summed E-state index contributed by atoms with van der Waals surface area (Å²) >= 11 is 0. The summed E-state index contributed by atoms with van der Waals surface area (Å²) in [6.45, 7) is 4.32. The Morgan fingerprint density at radius 3 is 3.14 bits per heavy atom. The monoisotopic (exact) mass is 194 g/mol. The van der Waals surface area contributed by atoms with Gasteiger partial charge in [0, 0.05) is 12.4 Å². The number of imidazole rings is 1. The van der Waals surface area contributed by atoms with Crippen LogP contribution < -0.4 is 0 Å². The summed E-state index contributed by atoms with van der Waals surface area (Å²) < 4.78 is 6.58. The highest BCUT2D eigenvalue weighted by atomic mass is 16.5. The standard InChI is InChI=1S/C10H14N2O2/c1-3-5-9-11-6-7-12(9)8-10(13)14-4-2/h3,5-7H,4,8H2,1-2H3/b5-3+. The molecule has 0 fully saturated rings. The fraction of sp³-hybridized carbons (Fsp3) is 0.400. The number of rotatable bonds is 4. The second-order valence-electron chi connectivity index (χ2n) is 2.72. The molecule has 0 aliphatic carbocycles. The number of ether oxygens (including phenoxy) is 1. The van der Waals surface area contributed by atoms with Gasteiger partial charge in [-0.2, -0.15) is 0 Å². The van der Waals surface area contributed by atoms with Gasteiger partial charge in [-0.25, -0.2) is 4.98 Å². The first kappa shape index (κ1) is 10.5. The summed E-state index contributed by atoms with van der Waals surface area (Å²) in [6.07, 6.45) is 7.14. The van der Waals surface area contributed by atoms with Crippen LogP contribution in [0.5, 0.6) is 0 Å². The van der Waals surface area contributed by atoms with Crippen molar-refractivity contribution in [3.05, 3.63) is 24.3 Å². The molecule has 0 aromatic carbocycles. The van der Waals surface area contributed by atoms with Crippen molar-refractivity contribution in [2.24, 2.45) is 0 Å². The molecule has 0 saturated carbocycles. The van der Waals surface area contributed by atoms with E-state index in [2.05, 4.69) is 4.98 Å². The van der Waals surface area contributed by atoms with Crippen molar-refractivity contribution in [3.63, 3.8) is 0 Å². The van der Waals surface area contributed by atoms with Crippen LogP contribution in [0.3, 0.4) is 0 Å². The Bertz CT molecular complexity index is 329. The Balaban J connectivity index is 2.66. The van der Waals surface area contributed by atoms with Crippen LogP contribution in [0.2, 0.25) is 0 Å². The van der Waals surface area contributed by atoms with Gasteiger partial charge in [0.05, 0.1) is 6.61 Å². The van der Waals surface area contributed by atoms with E-state index in [1.807, 2.05) is 19.1 Å². The molecule has 76 valence electrons. The van der Waals surface area contributed by atoms with Crippen molar-refractivity contribution in [2.45, 2.75) is 20.4 Å². The maximum Gasteiger partial charge on any atom is 0.325 e. The van der Waals surface area contributed by atoms with Crippen molar-refractivity contribution in [3.8, 4) is 0 Å². The topological polar surface area (TPSA) is 44.1 Å². The van der Waals surface area contributed by atoms with Gasteiger partial charge in [-0.1, -0.05) is 6.08 Å².